The van der Waals surface area contributed by atoms with Crippen molar-refractivity contribution >= 4 is 21.7 Å². The third kappa shape index (κ3) is 2.55. The van der Waals surface area contributed by atoms with E-state index in [0.29, 0.717) is 6.10 Å². The number of nitrogens with zero attached hydrogens (tertiary/aromatic N) is 2. The molecule has 1 atom stereocenters. The molecule has 0 N–H and O–H groups in total. The summed E-state index contributed by atoms with van der Waals surface area (Å²) in [5.74, 6) is 1.06. The molecule has 1 aromatic rings. The summed E-state index contributed by atoms with van der Waals surface area (Å²) >= 11 is 3.47. The average Bonchev–Trinajstić information content (AvgIpc) is 2.33. The van der Waals surface area contributed by atoms with Crippen LogP contribution in [-0.4, -0.2) is 31.3 Å². The highest BCUT2D eigenvalue weighted by atomic mass is 79.9. The van der Waals surface area contributed by atoms with Gasteiger partial charge >= 0.3 is 0 Å². The normalized spacial score (nSPS) is 21.2. The maximum Gasteiger partial charge on any atom is 0.128 e. The zero-order valence-corrected chi connectivity index (χ0v) is 11.3. The van der Waals surface area contributed by atoms with Crippen LogP contribution in [0.4, 0.5) is 5.82 Å². The number of aryl methyl sites for hydroxylation is 1. The van der Waals surface area contributed by atoms with Crippen molar-refractivity contribution in [1.29, 1.82) is 0 Å². The molecule has 0 aromatic carbocycles. The van der Waals surface area contributed by atoms with Crippen molar-refractivity contribution < 1.29 is 4.74 Å². The summed E-state index contributed by atoms with van der Waals surface area (Å²) in [7, 11) is 1.79. The number of aromatic nitrogens is 1. The van der Waals surface area contributed by atoms with E-state index in [9.17, 15) is 0 Å². The van der Waals surface area contributed by atoms with Crippen molar-refractivity contribution in [2.45, 2.75) is 25.9 Å². The van der Waals surface area contributed by atoms with E-state index in [1.807, 2.05) is 6.20 Å². The predicted molar refractivity (Wildman–Crippen MR) is 68.9 cm³/mol. The van der Waals surface area contributed by atoms with Gasteiger partial charge in [-0.1, -0.05) is 0 Å². The van der Waals surface area contributed by atoms with E-state index in [2.05, 4.69) is 38.8 Å². The van der Waals surface area contributed by atoms with Crippen molar-refractivity contribution in [3.05, 3.63) is 22.3 Å². The van der Waals surface area contributed by atoms with Gasteiger partial charge in [-0.05, 0) is 47.3 Å². The lowest BCUT2D eigenvalue weighted by Gasteiger charge is -2.32. The van der Waals surface area contributed by atoms with Crippen molar-refractivity contribution in [3.8, 4) is 0 Å². The van der Waals surface area contributed by atoms with E-state index in [4.69, 9.17) is 4.74 Å². The van der Waals surface area contributed by atoms with E-state index >= 15 is 0 Å². The van der Waals surface area contributed by atoms with Crippen molar-refractivity contribution in [2.75, 3.05) is 25.1 Å². The van der Waals surface area contributed by atoms with Gasteiger partial charge in [-0.15, -0.1) is 0 Å². The number of pyridine rings is 1. The van der Waals surface area contributed by atoms with E-state index in [1.165, 1.54) is 12.0 Å². The maximum atomic E-state index is 5.42. The molecule has 16 heavy (non-hydrogen) atoms. The van der Waals surface area contributed by atoms with E-state index in [-0.39, 0.29) is 0 Å². The van der Waals surface area contributed by atoms with Gasteiger partial charge in [-0.2, -0.15) is 0 Å². The molecule has 0 saturated carbocycles. The number of piperidine rings is 1. The number of hydrogen-bond acceptors (Lipinski definition) is 3. The molecule has 0 amide bonds. The standard InChI is InChI=1S/C12H17BrN2O/c1-9-6-12(14-7-11(9)13)15-5-3-4-10(8-15)16-2/h6-7,10H,3-5,8H2,1-2H3. The first kappa shape index (κ1) is 11.9. The monoisotopic (exact) mass is 284 g/mol. The van der Waals surface area contributed by atoms with Gasteiger partial charge in [-0.25, -0.2) is 4.98 Å². The van der Waals surface area contributed by atoms with E-state index in [0.717, 1.165) is 29.8 Å². The summed E-state index contributed by atoms with van der Waals surface area (Å²) < 4.78 is 6.48. The Bertz CT molecular complexity index is 370. The number of hydrogen-bond donors (Lipinski definition) is 0. The predicted octanol–water partition coefficient (Wildman–Crippen LogP) is 2.77. The van der Waals surface area contributed by atoms with Gasteiger partial charge in [0.25, 0.3) is 0 Å². The van der Waals surface area contributed by atoms with Gasteiger partial charge in [-0.3, -0.25) is 0 Å². The summed E-state index contributed by atoms with van der Waals surface area (Å²) in [6, 6.07) is 2.13. The van der Waals surface area contributed by atoms with Crippen LogP contribution in [0.2, 0.25) is 0 Å². The van der Waals surface area contributed by atoms with Gasteiger partial charge in [0.15, 0.2) is 0 Å². The van der Waals surface area contributed by atoms with Gasteiger partial charge < -0.3 is 9.64 Å². The molecule has 0 radical (unpaired) electrons. The Morgan fingerprint density at radius 3 is 3.06 bits per heavy atom. The molecule has 2 heterocycles. The molecular weight excluding hydrogens is 268 g/mol. The zero-order chi connectivity index (χ0) is 11.5. The van der Waals surface area contributed by atoms with Crippen LogP contribution in [0.5, 0.6) is 0 Å². The maximum absolute atomic E-state index is 5.42. The smallest absolute Gasteiger partial charge is 0.128 e. The third-order valence-corrected chi connectivity index (χ3v) is 3.90. The van der Waals surface area contributed by atoms with Gasteiger partial charge in [0, 0.05) is 30.9 Å². The highest BCUT2D eigenvalue weighted by molar-refractivity contribution is 9.10. The Hall–Kier alpha value is -0.610. The fourth-order valence-corrected chi connectivity index (χ4v) is 2.25. The SMILES string of the molecule is COC1CCCN(c2cc(C)c(Br)cn2)C1. The molecule has 0 spiro atoms. The van der Waals surface area contributed by atoms with Crippen LogP contribution >= 0.6 is 15.9 Å². The number of methoxy groups -OCH3 is 1. The quantitative estimate of drug-likeness (QED) is 0.835. The van der Waals surface area contributed by atoms with Crippen molar-refractivity contribution in [1.82, 2.24) is 4.98 Å². The summed E-state index contributed by atoms with van der Waals surface area (Å²) in [5.41, 5.74) is 1.23. The Balaban J connectivity index is 2.13. The Kier molecular flexibility index (Phi) is 3.82. The molecule has 1 aromatic heterocycles. The van der Waals surface area contributed by atoms with Crippen molar-refractivity contribution in [3.63, 3.8) is 0 Å². The summed E-state index contributed by atoms with van der Waals surface area (Å²) in [6.45, 7) is 4.12. The highest BCUT2D eigenvalue weighted by Crippen LogP contribution is 2.23. The molecule has 1 unspecified atom stereocenters. The molecule has 4 heteroatoms. The Labute approximate surface area is 105 Å². The van der Waals surface area contributed by atoms with Gasteiger partial charge in [0.2, 0.25) is 0 Å². The first-order valence-corrected chi connectivity index (χ1v) is 6.40. The van der Waals surface area contributed by atoms with Crippen LogP contribution in [0, 0.1) is 6.92 Å². The largest absolute Gasteiger partial charge is 0.380 e. The van der Waals surface area contributed by atoms with Crippen LogP contribution < -0.4 is 4.90 Å². The molecule has 2 rings (SSSR count). The molecule has 0 aliphatic carbocycles. The van der Waals surface area contributed by atoms with Crippen LogP contribution in [0.3, 0.4) is 0 Å². The molecule has 3 nitrogen and oxygen atoms in total. The fourth-order valence-electron chi connectivity index (χ4n) is 2.04. The molecule has 88 valence electrons. The number of ether oxygens (including phenoxy) is 1. The second kappa shape index (κ2) is 5.15. The molecular formula is C12H17BrN2O. The lowest BCUT2D eigenvalue weighted by Crippen LogP contribution is -2.39. The molecule has 1 fully saturated rings. The number of halogens is 1. The lowest BCUT2D eigenvalue weighted by molar-refractivity contribution is 0.0891. The van der Waals surface area contributed by atoms with Crippen LogP contribution in [-0.2, 0) is 4.74 Å². The lowest BCUT2D eigenvalue weighted by atomic mass is 10.1. The minimum Gasteiger partial charge on any atom is -0.380 e. The molecule has 1 aliphatic rings. The number of anilines is 1. The van der Waals surface area contributed by atoms with E-state index in [1.54, 1.807) is 7.11 Å². The van der Waals surface area contributed by atoms with Gasteiger partial charge in [0.1, 0.15) is 5.82 Å². The molecule has 1 saturated heterocycles. The average molecular weight is 285 g/mol. The second-order valence-corrected chi connectivity index (χ2v) is 5.09. The first-order valence-electron chi connectivity index (χ1n) is 5.60. The topological polar surface area (TPSA) is 25.4 Å². The molecule has 0 bridgehead atoms. The summed E-state index contributed by atoms with van der Waals surface area (Å²) in [5, 5.41) is 0. The minimum absolute atomic E-state index is 0.347. The fraction of sp³-hybridized carbons (Fsp3) is 0.583. The van der Waals surface area contributed by atoms with Crippen LogP contribution in [0.25, 0.3) is 0 Å². The van der Waals surface area contributed by atoms with Crippen molar-refractivity contribution in [2.24, 2.45) is 0 Å². The van der Waals surface area contributed by atoms with Gasteiger partial charge in [0.05, 0.1) is 6.10 Å². The Morgan fingerprint density at radius 2 is 2.38 bits per heavy atom. The third-order valence-electron chi connectivity index (χ3n) is 3.07. The summed E-state index contributed by atoms with van der Waals surface area (Å²) in [6.07, 6.45) is 4.55. The number of rotatable bonds is 2. The molecule has 1 aliphatic heterocycles. The minimum atomic E-state index is 0.347. The zero-order valence-electron chi connectivity index (χ0n) is 9.74. The second-order valence-electron chi connectivity index (χ2n) is 4.24. The highest BCUT2D eigenvalue weighted by Gasteiger charge is 2.20. The first-order chi connectivity index (χ1) is 7.70. The van der Waals surface area contributed by atoms with Crippen LogP contribution in [0.15, 0.2) is 16.7 Å². The summed E-state index contributed by atoms with van der Waals surface area (Å²) in [4.78, 5) is 6.76. The van der Waals surface area contributed by atoms with Crippen LogP contribution in [0.1, 0.15) is 18.4 Å². The van der Waals surface area contributed by atoms with E-state index < -0.39 is 0 Å². The Morgan fingerprint density at radius 1 is 1.56 bits per heavy atom.